The van der Waals surface area contributed by atoms with Crippen LogP contribution in [0.5, 0.6) is 0 Å². The van der Waals surface area contributed by atoms with Gasteiger partial charge >= 0.3 is 5.97 Å². The molecule has 0 bridgehead atoms. The Kier molecular flexibility index (Phi) is 6.65. The zero-order valence-corrected chi connectivity index (χ0v) is 11.7. The lowest BCUT2D eigenvalue weighted by Gasteiger charge is -2.03. The summed E-state index contributed by atoms with van der Waals surface area (Å²) in [6.45, 7) is 1.92. The molecule has 0 aliphatic heterocycles. The zero-order chi connectivity index (χ0) is 15.8. The number of Topliss-reactive ketones (excluding diaryl/α,β-unsaturated/α-hetero) is 2. The van der Waals surface area contributed by atoms with Crippen molar-refractivity contribution in [1.82, 2.24) is 0 Å². The summed E-state index contributed by atoms with van der Waals surface area (Å²) in [6, 6.07) is 2.84. The van der Waals surface area contributed by atoms with Crippen molar-refractivity contribution >= 4 is 17.5 Å². The third-order valence-electron chi connectivity index (χ3n) is 2.79. The summed E-state index contributed by atoms with van der Waals surface area (Å²) in [5.41, 5.74) is 0.0205. The van der Waals surface area contributed by atoms with Crippen LogP contribution in [-0.4, -0.2) is 24.1 Å². The maximum absolute atomic E-state index is 13.0. The second-order valence-electron chi connectivity index (χ2n) is 4.40. The molecule has 0 aromatic heterocycles. The maximum Gasteiger partial charge on any atom is 0.306 e. The van der Waals surface area contributed by atoms with Crippen molar-refractivity contribution in [3.63, 3.8) is 0 Å². The predicted molar refractivity (Wildman–Crippen MR) is 70.8 cm³/mol. The van der Waals surface area contributed by atoms with Crippen molar-refractivity contribution in [3.05, 3.63) is 35.4 Å². The van der Waals surface area contributed by atoms with E-state index in [1.54, 1.807) is 6.92 Å². The van der Waals surface area contributed by atoms with Gasteiger partial charge in [0.25, 0.3) is 0 Å². The molecule has 0 heterocycles. The molecule has 0 aliphatic rings. The topological polar surface area (TPSA) is 60.4 Å². The molecule has 21 heavy (non-hydrogen) atoms. The summed E-state index contributed by atoms with van der Waals surface area (Å²) in [5.74, 6) is -3.29. The van der Waals surface area contributed by atoms with Crippen molar-refractivity contribution in [2.24, 2.45) is 0 Å². The first-order chi connectivity index (χ1) is 9.93. The third-order valence-corrected chi connectivity index (χ3v) is 2.79. The Morgan fingerprint density at radius 3 is 2.29 bits per heavy atom. The second kappa shape index (κ2) is 8.24. The summed E-state index contributed by atoms with van der Waals surface area (Å²) in [4.78, 5) is 34.3. The highest BCUT2D eigenvalue weighted by Gasteiger charge is 2.13. The standard InChI is InChI=1S/C15H16F2O4/c1-2-21-15(20)8-5-11(18)4-7-14(19)10-3-6-12(16)13(17)9-10/h3,6,9H,2,4-5,7-8H2,1H3. The van der Waals surface area contributed by atoms with Gasteiger partial charge in [-0.2, -0.15) is 0 Å². The third kappa shape index (κ3) is 5.81. The Morgan fingerprint density at radius 2 is 1.67 bits per heavy atom. The number of hydrogen-bond donors (Lipinski definition) is 0. The van der Waals surface area contributed by atoms with Crippen LogP contribution < -0.4 is 0 Å². The fraction of sp³-hybridized carbons (Fsp3) is 0.400. The van der Waals surface area contributed by atoms with Crippen molar-refractivity contribution in [2.75, 3.05) is 6.61 Å². The molecule has 1 aromatic carbocycles. The van der Waals surface area contributed by atoms with E-state index in [1.807, 2.05) is 0 Å². The second-order valence-corrected chi connectivity index (χ2v) is 4.40. The van der Waals surface area contributed by atoms with Crippen LogP contribution in [0.15, 0.2) is 18.2 Å². The van der Waals surface area contributed by atoms with Gasteiger partial charge in [-0.05, 0) is 25.1 Å². The molecule has 0 radical (unpaired) electrons. The molecule has 0 unspecified atom stereocenters. The van der Waals surface area contributed by atoms with Crippen LogP contribution in [0.4, 0.5) is 8.78 Å². The van der Waals surface area contributed by atoms with Gasteiger partial charge in [-0.15, -0.1) is 0 Å². The molecule has 0 aliphatic carbocycles. The Labute approximate surface area is 121 Å². The molecule has 0 saturated heterocycles. The maximum atomic E-state index is 13.0. The highest BCUT2D eigenvalue weighted by molar-refractivity contribution is 5.98. The number of carbonyl (C=O) groups is 3. The van der Waals surface area contributed by atoms with Crippen molar-refractivity contribution in [3.8, 4) is 0 Å². The van der Waals surface area contributed by atoms with E-state index < -0.39 is 23.4 Å². The van der Waals surface area contributed by atoms with E-state index in [-0.39, 0.29) is 43.6 Å². The highest BCUT2D eigenvalue weighted by atomic mass is 19.2. The average molecular weight is 298 g/mol. The number of halogens is 2. The average Bonchev–Trinajstić information content (AvgIpc) is 2.45. The fourth-order valence-corrected chi connectivity index (χ4v) is 1.67. The van der Waals surface area contributed by atoms with E-state index in [4.69, 9.17) is 0 Å². The zero-order valence-electron chi connectivity index (χ0n) is 11.7. The molecule has 6 heteroatoms. The lowest BCUT2D eigenvalue weighted by molar-refractivity contribution is -0.144. The van der Waals surface area contributed by atoms with Crippen molar-refractivity contribution in [2.45, 2.75) is 32.6 Å². The normalized spacial score (nSPS) is 10.2. The first-order valence-electron chi connectivity index (χ1n) is 6.59. The lowest BCUT2D eigenvalue weighted by atomic mass is 10.0. The van der Waals surface area contributed by atoms with Gasteiger partial charge in [-0.3, -0.25) is 14.4 Å². The summed E-state index contributed by atoms with van der Waals surface area (Å²) in [6.07, 6.45) is -0.167. The van der Waals surface area contributed by atoms with Gasteiger partial charge in [0.15, 0.2) is 17.4 Å². The van der Waals surface area contributed by atoms with Gasteiger partial charge in [-0.25, -0.2) is 8.78 Å². The molecular formula is C15H16F2O4. The largest absolute Gasteiger partial charge is 0.466 e. The molecule has 0 amide bonds. The molecule has 1 aromatic rings. The summed E-state index contributed by atoms with van der Waals surface area (Å²) >= 11 is 0. The van der Waals surface area contributed by atoms with Gasteiger partial charge in [-0.1, -0.05) is 0 Å². The number of rotatable bonds is 8. The predicted octanol–water partition coefficient (Wildman–Crippen LogP) is 2.84. The smallest absolute Gasteiger partial charge is 0.306 e. The number of hydrogen-bond acceptors (Lipinski definition) is 4. The van der Waals surface area contributed by atoms with Crippen LogP contribution >= 0.6 is 0 Å². The lowest BCUT2D eigenvalue weighted by Crippen LogP contribution is -2.09. The number of esters is 1. The first kappa shape index (κ1) is 16.9. The molecule has 0 atom stereocenters. The fourth-order valence-electron chi connectivity index (χ4n) is 1.67. The van der Waals surface area contributed by atoms with Crippen LogP contribution in [0.3, 0.4) is 0 Å². The van der Waals surface area contributed by atoms with Crippen molar-refractivity contribution < 1.29 is 27.9 Å². The van der Waals surface area contributed by atoms with Gasteiger partial charge in [0.05, 0.1) is 13.0 Å². The van der Waals surface area contributed by atoms with Gasteiger partial charge in [0, 0.05) is 24.8 Å². The van der Waals surface area contributed by atoms with E-state index in [2.05, 4.69) is 4.74 Å². The van der Waals surface area contributed by atoms with Crippen LogP contribution in [-0.2, 0) is 14.3 Å². The minimum atomic E-state index is -1.10. The Morgan fingerprint density at radius 1 is 1.00 bits per heavy atom. The molecule has 0 spiro atoms. The van der Waals surface area contributed by atoms with E-state index in [0.29, 0.717) is 0 Å². The molecule has 0 fully saturated rings. The monoisotopic (exact) mass is 298 g/mol. The summed E-state index contributed by atoms with van der Waals surface area (Å²) in [5, 5.41) is 0. The number of benzene rings is 1. The molecule has 0 N–H and O–H groups in total. The van der Waals surface area contributed by atoms with E-state index in [9.17, 15) is 23.2 Å². The van der Waals surface area contributed by atoms with Crippen LogP contribution in [0, 0.1) is 11.6 Å². The number of carbonyl (C=O) groups excluding carboxylic acids is 3. The SMILES string of the molecule is CCOC(=O)CCC(=O)CCC(=O)c1ccc(F)c(F)c1. The molecule has 1 rings (SSSR count). The van der Waals surface area contributed by atoms with Crippen LogP contribution in [0.1, 0.15) is 43.0 Å². The Balaban J connectivity index is 2.40. The van der Waals surface area contributed by atoms with E-state index in [0.717, 1.165) is 12.1 Å². The first-order valence-corrected chi connectivity index (χ1v) is 6.59. The number of ketones is 2. The quantitative estimate of drug-likeness (QED) is 0.547. The minimum absolute atomic E-state index is 0.00386. The van der Waals surface area contributed by atoms with Gasteiger partial charge in [0.1, 0.15) is 5.78 Å². The minimum Gasteiger partial charge on any atom is -0.466 e. The summed E-state index contributed by atoms with van der Waals surface area (Å²) < 4.78 is 30.4. The molecule has 0 saturated carbocycles. The van der Waals surface area contributed by atoms with Crippen LogP contribution in [0.25, 0.3) is 0 Å². The van der Waals surface area contributed by atoms with E-state index in [1.165, 1.54) is 6.07 Å². The van der Waals surface area contributed by atoms with Crippen LogP contribution in [0.2, 0.25) is 0 Å². The van der Waals surface area contributed by atoms with Gasteiger partial charge < -0.3 is 4.74 Å². The molecule has 4 nitrogen and oxygen atoms in total. The summed E-state index contributed by atoms with van der Waals surface area (Å²) in [7, 11) is 0. The molecular weight excluding hydrogens is 282 g/mol. The Bertz CT molecular complexity index is 540. The number of ether oxygens (including phenoxy) is 1. The Hall–Kier alpha value is -2.11. The highest BCUT2D eigenvalue weighted by Crippen LogP contribution is 2.12. The van der Waals surface area contributed by atoms with E-state index >= 15 is 0 Å². The van der Waals surface area contributed by atoms with Gasteiger partial charge in [0.2, 0.25) is 0 Å². The van der Waals surface area contributed by atoms with Crippen molar-refractivity contribution in [1.29, 1.82) is 0 Å². The molecule has 114 valence electrons.